The largest absolute Gasteiger partial charge is 0.252 e. The van der Waals surface area contributed by atoms with Crippen LogP contribution in [0.2, 0.25) is 0 Å². The van der Waals surface area contributed by atoms with E-state index in [9.17, 15) is 8.42 Å². The fourth-order valence-electron chi connectivity index (χ4n) is 1.89. The zero-order chi connectivity index (χ0) is 13.9. The van der Waals surface area contributed by atoms with E-state index in [4.69, 9.17) is 11.6 Å². The second kappa shape index (κ2) is 6.37. The van der Waals surface area contributed by atoms with Crippen molar-refractivity contribution in [2.75, 3.05) is 7.05 Å². The molecule has 6 heteroatoms. The summed E-state index contributed by atoms with van der Waals surface area (Å²) in [6.07, 6.45) is 1.64. The fraction of sp³-hybridized carbons (Fsp3) is 0.667. The van der Waals surface area contributed by atoms with Gasteiger partial charge in [0.05, 0.1) is 5.88 Å². The molecule has 18 heavy (non-hydrogen) atoms. The molecule has 0 amide bonds. The summed E-state index contributed by atoms with van der Waals surface area (Å²) < 4.78 is 26.8. The summed E-state index contributed by atoms with van der Waals surface area (Å²) in [5.41, 5.74) is 0.950. The van der Waals surface area contributed by atoms with Crippen molar-refractivity contribution < 1.29 is 8.42 Å². The van der Waals surface area contributed by atoms with Crippen molar-refractivity contribution in [3.63, 3.8) is 0 Å². The molecule has 0 spiro atoms. The number of alkyl halides is 1. The standard InChI is InChI=1S/C12H20ClNO2S2/c1-5-10(6-2)14(4)18(15,16)12-7-9(3)11(8-13)17-12/h7,10H,5-6,8H2,1-4H3. The van der Waals surface area contributed by atoms with Crippen LogP contribution in [0.1, 0.15) is 37.1 Å². The summed E-state index contributed by atoms with van der Waals surface area (Å²) >= 11 is 7.07. The Balaban J connectivity index is 3.12. The van der Waals surface area contributed by atoms with E-state index >= 15 is 0 Å². The number of thiophene rings is 1. The van der Waals surface area contributed by atoms with Crippen LogP contribution in [0.15, 0.2) is 10.3 Å². The minimum Gasteiger partial charge on any atom is -0.206 e. The Morgan fingerprint density at radius 1 is 1.39 bits per heavy atom. The van der Waals surface area contributed by atoms with E-state index in [1.807, 2.05) is 20.8 Å². The second-order valence-corrected chi connectivity index (χ2v) is 7.93. The van der Waals surface area contributed by atoms with Crippen LogP contribution < -0.4 is 0 Å². The minimum atomic E-state index is -3.38. The van der Waals surface area contributed by atoms with Gasteiger partial charge in [0.25, 0.3) is 10.0 Å². The molecule has 1 aromatic rings. The average molecular weight is 310 g/mol. The zero-order valence-electron chi connectivity index (χ0n) is 11.2. The molecule has 0 aliphatic carbocycles. The molecule has 104 valence electrons. The molecule has 0 radical (unpaired) electrons. The summed E-state index contributed by atoms with van der Waals surface area (Å²) in [6, 6.07) is 1.77. The molecule has 0 aliphatic heterocycles. The van der Waals surface area contributed by atoms with E-state index in [0.717, 1.165) is 23.3 Å². The normalized spacial score (nSPS) is 12.6. The van der Waals surface area contributed by atoms with E-state index < -0.39 is 10.0 Å². The Bertz CT molecular complexity index is 492. The SMILES string of the molecule is CCC(CC)N(C)S(=O)(=O)c1cc(C)c(CCl)s1. The summed E-state index contributed by atoms with van der Waals surface area (Å²) in [6.45, 7) is 5.90. The maximum Gasteiger partial charge on any atom is 0.252 e. The quantitative estimate of drug-likeness (QED) is 0.753. The van der Waals surface area contributed by atoms with Crippen molar-refractivity contribution in [3.05, 3.63) is 16.5 Å². The molecule has 0 aromatic carbocycles. The van der Waals surface area contributed by atoms with Gasteiger partial charge >= 0.3 is 0 Å². The molecule has 1 heterocycles. The molecule has 1 aromatic heterocycles. The van der Waals surface area contributed by atoms with Crippen molar-refractivity contribution in [3.8, 4) is 0 Å². The molecule has 0 saturated carbocycles. The highest BCUT2D eigenvalue weighted by molar-refractivity contribution is 7.91. The van der Waals surface area contributed by atoms with E-state index in [1.54, 1.807) is 13.1 Å². The monoisotopic (exact) mass is 309 g/mol. The Hall–Kier alpha value is -0.100. The predicted molar refractivity (Wildman–Crippen MR) is 77.9 cm³/mol. The predicted octanol–water partition coefficient (Wildman–Crippen LogP) is 3.60. The first-order valence-electron chi connectivity index (χ1n) is 6.01. The number of hydrogen-bond acceptors (Lipinski definition) is 3. The van der Waals surface area contributed by atoms with Crippen molar-refractivity contribution in [1.29, 1.82) is 0 Å². The number of nitrogens with zero attached hydrogens (tertiary/aromatic N) is 1. The second-order valence-electron chi connectivity index (χ2n) is 4.30. The van der Waals surface area contributed by atoms with Crippen LogP contribution >= 0.6 is 22.9 Å². The third kappa shape index (κ3) is 3.07. The zero-order valence-corrected chi connectivity index (χ0v) is 13.6. The van der Waals surface area contributed by atoms with Crippen LogP contribution in [0.5, 0.6) is 0 Å². The first-order valence-corrected chi connectivity index (χ1v) is 8.80. The van der Waals surface area contributed by atoms with Gasteiger partial charge in [0.2, 0.25) is 0 Å². The van der Waals surface area contributed by atoms with Crippen molar-refractivity contribution in [2.24, 2.45) is 0 Å². The molecule has 0 N–H and O–H groups in total. The van der Waals surface area contributed by atoms with Crippen LogP contribution in [-0.4, -0.2) is 25.8 Å². The van der Waals surface area contributed by atoms with Crippen LogP contribution in [0, 0.1) is 6.92 Å². The summed E-state index contributed by atoms with van der Waals surface area (Å²) in [5, 5.41) is 0. The van der Waals surface area contributed by atoms with Gasteiger partial charge in [0.15, 0.2) is 0 Å². The third-order valence-electron chi connectivity index (χ3n) is 3.21. The lowest BCUT2D eigenvalue weighted by Gasteiger charge is -2.24. The van der Waals surface area contributed by atoms with Crippen LogP contribution in [-0.2, 0) is 15.9 Å². The summed E-state index contributed by atoms with van der Waals surface area (Å²) in [4.78, 5) is 0.924. The molecule has 0 atom stereocenters. The van der Waals surface area contributed by atoms with E-state index in [1.165, 1.54) is 15.6 Å². The number of halogens is 1. The summed E-state index contributed by atoms with van der Waals surface area (Å²) in [5.74, 6) is 0.362. The first-order chi connectivity index (χ1) is 8.38. The van der Waals surface area contributed by atoms with Gasteiger partial charge in [-0.2, -0.15) is 4.31 Å². The Morgan fingerprint density at radius 2 is 1.94 bits per heavy atom. The highest BCUT2D eigenvalue weighted by Gasteiger charge is 2.28. The number of rotatable bonds is 6. The van der Waals surface area contributed by atoms with Gasteiger partial charge in [-0.05, 0) is 31.4 Å². The van der Waals surface area contributed by atoms with Gasteiger partial charge in [-0.1, -0.05) is 13.8 Å². The van der Waals surface area contributed by atoms with Crippen LogP contribution in [0.3, 0.4) is 0 Å². The molecule has 0 bridgehead atoms. The lowest BCUT2D eigenvalue weighted by atomic mass is 10.2. The van der Waals surface area contributed by atoms with Crippen molar-refractivity contribution in [1.82, 2.24) is 4.31 Å². The van der Waals surface area contributed by atoms with Gasteiger partial charge < -0.3 is 0 Å². The topological polar surface area (TPSA) is 37.4 Å². The number of sulfonamides is 1. The van der Waals surface area contributed by atoms with Crippen LogP contribution in [0.25, 0.3) is 0 Å². The lowest BCUT2D eigenvalue weighted by molar-refractivity contribution is 0.350. The number of hydrogen-bond donors (Lipinski definition) is 0. The molecule has 3 nitrogen and oxygen atoms in total. The highest BCUT2D eigenvalue weighted by atomic mass is 35.5. The summed E-state index contributed by atoms with van der Waals surface area (Å²) in [7, 11) is -1.73. The molecular formula is C12H20ClNO2S2. The van der Waals surface area contributed by atoms with Crippen molar-refractivity contribution in [2.45, 2.75) is 49.7 Å². The van der Waals surface area contributed by atoms with Gasteiger partial charge in [-0.25, -0.2) is 8.42 Å². The molecule has 1 rings (SSSR count). The molecule has 0 fully saturated rings. The van der Waals surface area contributed by atoms with Gasteiger partial charge in [-0.15, -0.1) is 22.9 Å². The molecular weight excluding hydrogens is 290 g/mol. The lowest BCUT2D eigenvalue weighted by Crippen LogP contribution is -2.35. The molecule has 0 unspecified atom stereocenters. The maximum absolute atomic E-state index is 12.5. The van der Waals surface area contributed by atoms with E-state index in [0.29, 0.717) is 10.1 Å². The van der Waals surface area contributed by atoms with Gasteiger partial charge in [0.1, 0.15) is 4.21 Å². The smallest absolute Gasteiger partial charge is 0.206 e. The molecule has 0 aliphatic rings. The maximum atomic E-state index is 12.5. The Kier molecular flexibility index (Phi) is 5.65. The Labute approximate surface area is 119 Å². The van der Waals surface area contributed by atoms with Gasteiger partial charge in [-0.3, -0.25) is 0 Å². The van der Waals surface area contributed by atoms with Gasteiger partial charge in [0, 0.05) is 18.0 Å². The minimum absolute atomic E-state index is 0.0526. The fourth-order valence-corrected chi connectivity index (χ4v) is 5.39. The third-order valence-corrected chi connectivity index (χ3v) is 7.23. The number of aryl methyl sites for hydroxylation is 1. The van der Waals surface area contributed by atoms with Crippen LogP contribution in [0.4, 0.5) is 0 Å². The van der Waals surface area contributed by atoms with E-state index in [-0.39, 0.29) is 6.04 Å². The Morgan fingerprint density at radius 3 is 2.33 bits per heavy atom. The first kappa shape index (κ1) is 16.0. The van der Waals surface area contributed by atoms with Crippen molar-refractivity contribution >= 4 is 33.0 Å². The average Bonchev–Trinajstić information content (AvgIpc) is 2.72. The van der Waals surface area contributed by atoms with E-state index in [2.05, 4.69) is 0 Å². The highest BCUT2D eigenvalue weighted by Crippen LogP contribution is 2.30. The molecule has 0 saturated heterocycles.